The van der Waals surface area contributed by atoms with E-state index in [-0.39, 0.29) is 23.8 Å². The molecule has 0 spiro atoms. The maximum Gasteiger partial charge on any atom is 0.112 e. The van der Waals surface area contributed by atoms with Crippen LogP contribution in [0, 0.1) is 5.92 Å². The lowest BCUT2D eigenvalue weighted by atomic mass is 9.85. The zero-order valence-corrected chi connectivity index (χ0v) is 17.6. The summed E-state index contributed by atoms with van der Waals surface area (Å²) in [4.78, 5) is 0. The van der Waals surface area contributed by atoms with E-state index in [1.54, 1.807) is 12.2 Å². The molecule has 1 aliphatic heterocycles. The third-order valence-corrected chi connectivity index (χ3v) is 3.67. The Bertz CT molecular complexity index is 447. The van der Waals surface area contributed by atoms with Crippen LogP contribution in [-0.2, 0) is 0 Å². The fraction of sp³-hybridized carbons (Fsp3) is 0.636. The molecule has 0 fully saturated rings. The molecule has 2 aliphatic rings. The quantitative estimate of drug-likeness (QED) is 0.499. The Morgan fingerprint density at radius 1 is 1.04 bits per heavy atom. The van der Waals surface area contributed by atoms with E-state index in [9.17, 15) is 10.2 Å². The Labute approximate surface area is 156 Å². The average Bonchev–Trinajstić information content (AvgIpc) is 2.66. The Hall–Kier alpha value is -1.48. The third-order valence-electron chi connectivity index (χ3n) is 3.67. The molecule has 0 saturated carbocycles. The first kappa shape index (κ1) is 25.8. The van der Waals surface area contributed by atoms with Crippen molar-refractivity contribution < 1.29 is 10.2 Å². The lowest BCUT2D eigenvalue weighted by molar-refractivity contribution is 0.292. The van der Waals surface area contributed by atoms with Gasteiger partial charge in [-0.05, 0) is 31.1 Å². The zero-order chi connectivity index (χ0) is 19.8. The van der Waals surface area contributed by atoms with Crippen molar-refractivity contribution in [1.82, 2.24) is 5.32 Å². The van der Waals surface area contributed by atoms with Crippen molar-refractivity contribution >= 4 is 0 Å². The molecule has 3 N–H and O–H groups in total. The molecule has 3 unspecified atom stereocenters. The van der Waals surface area contributed by atoms with Crippen LogP contribution in [0.1, 0.15) is 74.7 Å². The summed E-state index contributed by atoms with van der Waals surface area (Å²) in [5.74, 6) is 0.599. The van der Waals surface area contributed by atoms with Gasteiger partial charge >= 0.3 is 0 Å². The predicted octanol–water partition coefficient (Wildman–Crippen LogP) is 6.61. The van der Waals surface area contributed by atoms with Crippen LogP contribution in [0.5, 0.6) is 0 Å². The van der Waals surface area contributed by atoms with Gasteiger partial charge in [0.2, 0.25) is 0 Å². The molecule has 3 atom stereocenters. The number of aliphatic hydroxyl groups excluding tert-OH is 2. The van der Waals surface area contributed by atoms with E-state index in [2.05, 4.69) is 25.2 Å². The first-order valence-electron chi connectivity index (χ1n) is 10.1. The van der Waals surface area contributed by atoms with Gasteiger partial charge in [0.1, 0.15) is 5.76 Å². The van der Waals surface area contributed by atoms with Crippen molar-refractivity contribution in [1.29, 1.82) is 0 Å². The van der Waals surface area contributed by atoms with Crippen molar-refractivity contribution in [2.45, 2.75) is 86.7 Å². The lowest BCUT2D eigenvalue weighted by Gasteiger charge is -2.34. The standard InChI is InChI=1S/C16H23NO2.3C2H6/c1-3-5-11(6-4-2)14-10-16(19)13-8-7-12(18)9-15(13)17-14;3*1-2/h5,7-10,13-15,17-19H,3-4,6H2,1-2H3;3*1-2H3/b11-5+;;;. The van der Waals surface area contributed by atoms with E-state index in [1.165, 1.54) is 5.57 Å². The minimum atomic E-state index is -0.0587. The largest absolute Gasteiger partial charge is 0.512 e. The maximum atomic E-state index is 10.2. The van der Waals surface area contributed by atoms with Crippen LogP contribution >= 0.6 is 0 Å². The second-order valence-corrected chi connectivity index (χ2v) is 5.18. The number of rotatable bonds is 4. The molecule has 3 heteroatoms. The highest BCUT2D eigenvalue weighted by Crippen LogP contribution is 2.29. The summed E-state index contributed by atoms with van der Waals surface area (Å²) in [6.07, 6.45) is 12.5. The van der Waals surface area contributed by atoms with Crippen molar-refractivity contribution in [2.75, 3.05) is 0 Å². The van der Waals surface area contributed by atoms with Gasteiger partial charge in [-0.1, -0.05) is 79.5 Å². The molecule has 25 heavy (non-hydrogen) atoms. The van der Waals surface area contributed by atoms with E-state index in [4.69, 9.17) is 0 Å². The summed E-state index contributed by atoms with van der Waals surface area (Å²) in [5, 5.41) is 23.3. The average molecular weight is 352 g/mol. The molecule has 0 saturated heterocycles. The molecule has 0 aromatic heterocycles. The van der Waals surface area contributed by atoms with Crippen LogP contribution in [0.3, 0.4) is 0 Å². The van der Waals surface area contributed by atoms with Crippen LogP contribution in [0.25, 0.3) is 0 Å². The fourth-order valence-corrected chi connectivity index (χ4v) is 2.79. The Kier molecular flexibility index (Phi) is 16.5. The minimum absolute atomic E-state index is 0.0305. The van der Waals surface area contributed by atoms with Gasteiger partial charge in [0.05, 0.1) is 17.7 Å². The molecule has 0 radical (unpaired) electrons. The molecule has 146 valence electrons. The summed E-state index contributed by atoms with van der Waals surface area (Å²) < 4.78 is 0. The molecule has 2 rings (SSSR count). The molecule has 1 aliphatic carbocycles. The number of allylic oxidation sites excluding steroid dienone is 2. The summed E-state index contributed by atoms with van der Waals surface area (Å²) in [6.45, 7) is 16.3. The van der Waals surface area contributed by atoms with E-state index < -0.39 is 0 Å². The molecule has 0 aromatic carbocycles. The van der Waals surface area contributed by atoms with E-state index in [0.717, 1.165) is 19.3 Å². The van der Waals surface area contributed by atoms with E-state index >= 15 is 0 Å². The van der Waals surface area contributed by atoms with Crippen LogP contribution in [0.2, 0.25) is 0 Å². The smallest absolute Gasteiger partial charge is 0.112 e. The third kappa shape index (κ3) is 8.44. The van der Waals surface area contributed by atoms with Crippen molar-refractivity contribution in [3.8, 4) is 0 Å². The van der Waals surface area contributed by atoms with Gasteiger partial charge in [-0.2, -0.15) is 0 Å². The molecular formula is C22H41NO2. The minimum Gasteiger partial charge on any atom is -0.512 e. The van der Waals surface area contributed by atoms with Crippen LogP contribution in [0.15, 0.2) is 47.5 Å². The Morgan fingerprint density at radius 3 is 2.16 bits per heavy atom. The highest BCUT2D eigenvalue weighted by atomic mass is 16.3. The number of hydrogen-bond donors (Lipinski definition) is 3. The van der Waals surface area contributed by atoms with Gasteiger partial charge in [0, 0.05) is 6.04 Å². The van der Waals surface area contributed by atoms with Crippen molar-refractivity contribution in [3.05, 3.63) is 47.5 Å². The molecule has 0 aromatic rings. The second kappa shape index (κ2) is 16.0. The topological polar surface area (TPSA) is 52.5 Å². The molecular weight excluding hydrogens is 310 g/mol. The number of aliphatic hydroxyl groups is 2. The summed E-state index contributed by atoms with van der Waals surface area (Å²) in [7, 11) is 0. The molecule has 3 nitrogen and oxygen atoms in total. The number of hydrogen-bond acceptors (Lipinski definition) is 3. The lowest BCUT2D eigenvalue weighted by Crippen LogP contribution is -2.46. The predicted molar refractivity (Wildman–Crippen MR) is 112 cm³/mol. The van der Waals surface area contributed by atoms with Crippen LogP contribution in [0.4, 0.5) is 0 Å². The van der Waals surface area contributed by atoms with E-state index in [0.29, 0.717) is 5.76 Å². The monoisotopic (exact) mass is 351 g/mol. The van der Waals surface area contributed by atoms with E-state index in [1.807, 2.05) is 53.7 Å². The highest BCUT2D eigenvalue weighted by Gasteiger charge is 2.31. The Morgan fingerprint density at radius 2 is 1.64 bits per heavy atom. The number of nitrogens with one attached hydrogen (secondary N) is 1. The highest BCUT2D eigenvalue weighted by molar-refractivity contribution is 5.34. The van der Waals surface area contributed by atoms with Gasteiger partial charge in [-0.25, -0.2) is 0 Å². The van der Waals surface area contributed by atoms with Gasteiger partial charge in [0.15, 0.2) is 0 Å². The van der Waals surface area contributed by atoms with Crippen LogP contribution < -0.4 is 5.32 Å². The second-order valence-electron chi connectivity index (χ2n) is 5.18. The van der Waals surface area contributed by atoms with Crippen molar-refractivity contribution in [2.24, 2.45) is 5.92 Å². The summed E-state index contributed by atoms with van der Waals surface area (Å²) in [5.41, 5.74) is 1.32. The summed E-state index contributed by atoms with van der Waals surface area (Å²) >= 11 is 0. The normalized spacial score (nSPS) is 24.0. The fourth-order valence-electron chi connectivity index (χ4n) is 2.79. The van der Waals surface area contributed by atoms with Crippen molar-refractivity contribution in [3.63, 3.8) is 0 Å². The molecule has 0 bridgehead atoms. The van der Waals surface area contributed by atoms with Gasteiger partial charge < -0.3 is 10.2 Å². The zero-order valence-electron chi connectivity index (χ0n) is 17.6. The SMILES string of the molecule is CC.CC.CC.CC/C=C(\CCC)C1C=C(O)C2C=CC(O)=CC2N1. The first-order chi connectivity index (χ1) is 12.2. The summed E-state index contributed by atoms with van der Waals surface area (Å²) in [6, 6.07) is 0.0359. The van der Waals surface area contributed by atoms with Crippen LogP contribution in [-0.4, -0.2) is 22.3 Å². The van der Waals surface area contributed by atoms with Gasteiger partial charge in [0.25, 0.3) is 0 Å². The molecule has 0 amide bonds. The molecule has 1 heterocycles. The maximum absolute atomic E-state index is 10.2. The Balaban J connectivity index is 0. The number of fused-ring (bicyclic) bond motifs is 1. The first-order valence-corrected chi connectivity index (χ1v) is 10.1. The van der Waals surface area contributed by atoms with Gasteiger partial charge in [-0.15, -0.1) is 0 Å². The van der Waals surface area contributed by atoms with Gasteiger partial charge in [-0.3, -0.25) is 5.32 Å².